The van der Waals surface area contributed by atoms with E-state index in [0.29, 0.717) is 27.6 Å². The highest BCUT2D eigenvalue weighted by atomic mass is 35.5. The molecule has 0 spiro atoms. The van der Waals surface area contributed by atoms with Gasteiger partial charge >= 0.3 is 0 Å². The van der Waals surface area contributed by atoms with Crippen LogP contribution in [0.25, 0.3) is 6.08 Å². The van der Waals surface area contributed by atoms with Gasteiger partial charge in [0.1, 0.15) is 23.9 Å². The third kappa shape index (κ3) is 4.29. The molecule has 0 amide bonds. The van der Waals surface area contributed by atoms with Gasteiger partial charge < -0.3 is 9.47 Å². The minimum absolute atomic E-state index is 0.159. The molecule has 0 aromatic heterocycles. The van der Waals surface area contributed by atoms with E-state index in [2.05, 4.69) is 0 Å². The van der Waals surface area contributed by atoms with Gasteiger partial charge in [0.2, 0.25) is 5.78 Å². The minimum atomic E-state index is -0.398. The number of aryl methyl sites for hydroxylation is 1. The second-order valence-corrected chi connectivity index (χ2v) is 7.28. The van der Waals surface area contributed by atoms with Crippen LogP contribution in [0.4, 0.5) is 4.39 Å². The fourth-order valence-corrected chi connectivity index (χ4v) is 3.41. The summed E-state index contributed by atoms with van der Waals surface area (Å²) < 4.78 is 24.8. The van der Waals surface area contributed by atoms with E-state index in [1.54, 1.807) is 30.4 Å². The normalized spacial score (nSPS) is 14.2. The number of rotatable bonds is 5. The number of benzene rings is 3. The van der Waals surface area contributed by atoms with Crippen LogP contribution in [0, 0.1) is 12.7 Å². The molecule has 0 radical (unpaired) electrons. The maximum absolute atomic E-state index is 13.2. The fourth-order valence-electron chi connectivity index (χ4n) is 3.19. The zero-order valence-corrected chi connectivity index (χ0v) is 16.9. The van der Waals surface area contributed by atoms with E-state index < -0.39 is 5.82 Å². The van der Waals surface area contributed by atoms with Crippen molar-refractivity contribution in [2.24, 2.45) is 0 Å². The van der Waals surface area contributed by atoms with Crippen molar-refractivity contribution in [1.29, 1.82) is 0 Å². The Morgan fingerprint density at radius 3 is 2.67 bits per heavy atom. The van der Waals surface area contributed by atoms with Gasteiger partial charge in [-0.05, 0) is 42.3 Å². The molecule has 1 aliphatic heterocycles. The van der Waals surface area contributed by atoms with E-state index in [9.17, 15) is 9.18 Å². The van der Waals surface area contributed by atoms with Crippen LogP contribution in [0.1, 0.15) is 27.0 Å². The highest BCUT2D eigenvalue weighted by Crippen LogP contribution is 2.37. The summed E-state index contributed by atoms with van der Waals surface area (Å²) in [5.41, 5.74) is 2.98. The van der Waals surface area contributed by atoms with Gasteiger partial charge in [0, 0.05) is 11.6 Å². The largest absolute Gasteiger partial charge is 0.489 e. The summed E-state index contributed by atoms with van der Waals surface area (Å²) in [4.78, 5) is 12.7. The Morgan fingerprint density at radius 2 is 1.90 bits per heavy atom. The number of halogens is 2. The molecule has 0 bridgehead atoms. The molecule has 3 nitrogen and oxygen atoms in total. The van der Waals surface area contributed by atoms with Gasteiger partial charge in [0.05, 0.1) is 10.6 Å². The quantitative estimate of drug-likeness (QED) is 0.439. The Balaban J connectivity index is 1.50. The molecule has 0 aliphatic carbocycles. The van der Waals surface area contributed by atoms with Crippen molar-refractivity contribution in [3.05, 3.63) is 112 Å². The summed E-state index contributed by atoms with van der Waals surface area (Å²) in [6.07, 6.45) is 5.35. The van der Waals surface area contributed by atoms with Gasteiger partial charge in [-0.25, -0.2) is 4.39 Å². The maximum atomic E-state index is 13.2. The van der Waals surface area contributed by atoms with Crippen LogP contribution in [0.5, 0.6) is 11.5 Å². The molecule has 0 N–H and O–H groups in total. The van der Waals surface area contributed by atoms with Crippen LogP contribution in [0.3, 0.4) is 0 Å². The van der Waals surface area contributed by atoms with Crippen molar-refractivity contribution in [2.45, 2.75) is 13.5 Å². The lowest BCUT2D eigenvalue weighted by Crippen LogP contribution is -2.00. The third-order valence-corrected chi connectivity index (χ3v) is 5.04. The van der Waals surface area contributed by atoms with Crippen LogP contribution in [-0.2, 0) is 6.61 Å². The molecule has 1 heterocycles. The molecular formula is C25H18ClFO3. The summed E-state index contributed by atoms with van der Waals surface area (Å²) >= 11 is 6.05. The molecule has 3 aromatic carbocycles. The lowest BCUT2D eigenvalue weighted by molar-refractivity contribution is 0.101. The minimum Gasteiger partial charge on any atom is -0.489 e. The Hall–Kier alpha value is -3.37. The highest BCUT2D eigenvalue weighted by molar-refractivity contribution is 6.31. The molecule has 4 rings (SSSR count). The number of carbonyl (C=O) groups is 1. The van der Waals surface area contributed by atoms with E-state index >= 15 is 0 Å². The zero-order chi connectivity index (χ0) is 21.1. The summed E-state index contributed by atoms with van der Waals surface area (Å²) in [5, 5.41) is 0.301. The van der Waals surface area contributed by atoms with E-state index in [-0.39, 0.29) is 18.1 Å². The van der Waals surface area contributed by atoms with Gasteiger partial charge in [-0.15, -0.1) is 0 Å². The third-order valence-electron chi connectivity index (χ3n) is 4.69. The van der Waals surface area contributed by atoms with Crippen LogP contribution in [0.2, 0.25) is 5.02 Å². The molecule has 30 heavy (non-hydrogen) atoms. The summed E-state index contributed by atoms with van der Waals surface area (Å²) in [6.45, 7) is 2.01. The Morgan fingerprint density at radius 1 is 1.10 bits per heavy atom. The van der Waals surface area contributed by atoms with Gasteiger partial charge in [0.25, 0.3) is 0 Å². The van der Waals surface area contributed by atoms with Gasteiger partial charge in [0.15, 0.2) is 5.76 Å². The van der Waals surface area contributed by atoms with Crippen molar-refractivity contribution in [2.75, 3.05) is 0 Å². The molecule has 0 fully saturated rings. The number of ether oxygens (including phenoxy) is 2. The van der Waals surface area contributed by atoms with E-state index in [4.69, 9.17) is 21.1 Å². The Labute approximate surface area is 179 Å². The molecule has 0 atom stereocenters. The van der Waals surface area contributed by atoms with Crippen LogP contribution in [0.15, 0.2) is 78.6 Å². The van der Waals surface area contributed by atoms with Crippen LogP contribution >= 0.6 is 11.6 Å². The number of fused-ring (bicyclic) bond motifs is 1. The van der Waals surface area contributed by atoms with E-state index in [0.717, 1.165) is 11.1 Å². The van der Waals surface area contributed by atoms with Gasteiger partial charge in [-0.3, -0.25) is 4.79 Å². The predicted molar refractivity (Wildman–Crippen MR) is 115 cm³/mol. The number of allylic oxidation sites excluding steroid dienone is 3. The average molecular weight is 421 g/mol. The molecule has 5 heteroatoms. The number of Topliss-reactive ketones (excluding diaryl/α,β-unsaturated/α-hetero) is 1. The first kappa shape index (κ1) is 19.9. The van der Waals surface area contributed by atoms with Crippen molar-refractivity contribution >= 4 is 23.5 Å². The molecule has 0 saturated carbocycles. The van der Waals surface area contributed by atoms with Gasteiger partial charge in [-0.2, -0.15) is 0 Å². The first-order valence-electron chi connectivity index (χ1n) is 9.38. The smallest absolute Gasteiger partial charge is 0.232 e. The standard InChI is InChI=1S/C25H18ClFO3/c1-16-12-20(29-15-18-10-11-19(27)13-21(18)26)14-23-24(16)25(28)22(30-23)9-5-8-17-6-3-2-4-7-17/h2-14H,15H2,1H3/b8-5+,22-9-. The van der Waals surface area contributed by atoms with Crippen molar-refractivity contribution in [3.63, 3.8) is 0 Å². The number of hydrogen-bond acceptors (Lipinski definition) is 3. The lowest BCUT2D eigenvalue weighted by Gasteiger charge is -2.10. The molecular weight excluding hydrogens is 403 g/mol. The van der Waals surface area contributed by atoms with E-state index in [1.165, 1.54) is 12.1 Å². The van der Waals surface area contributed by atoms with Crippen molar-refractivity contribution in [1.82, 2.24) is 0 Å². The first-order chi connectivity index (χ1) is 14.5. The molecule has 3 aromatic rings. The number of ketones is 1. The summed E-state index contributed by atoms with van der Waals surface area (Å²) in [5.74, 6) is 0.706. The molecule has 0 unspecified atom stereocenters. The van der Waals surface area contributed by atoms with Crippen molar-refractivity contribution in [3.8, 4) is 11.5 Å². The monoisotopic (exact) mass is 420 g/mol. The second kappa shape index (κ2) is 8.56. The zero-order valence-electron chi connectivity index (χ0n) is 16.2. The summed E-state index contributed by atoms with van der Waals surface area (Å²) in [6, 6.07) is 17.4. The van der Waals surface area contributed by atoms with Crippen LogP contribution < -0.4 is 9.47 Å². The van der Waals surface area contributed by atoms with Gasteiger partial charge in [-0.1, -0.05) is 60.2 Å². The highest BCUT2D eigenvalue weighted by Gasteiger charge is 2.29. The Bertz CT molecular complexity index is 1170. The lowest BCUT2D eigenvalue weighted by atomic mass is 10.0. The number of carbonyl (C=O) groups excluding carboxylic acids is 1. The first-order valence-corrected chi connectivity index (χ1v) is 9.76. The topological polar surface area (TPSA) is 35.5 Å². The fraction of sp³-hybridized carbons (Fsp3) is 0.0800. The average Bonchev–Trinajstić information content (AvgIpc) is 3.04. The maximum Gasteiger partial charge on any atom is 0.232 e. The molecule has 1 aliphatic rings. The number of hydrogen-bond donors (Lipinski definition) is 0. The summed E-state index contributed by atoms with van der Waals surface area (Å²) in [7, 11) is 0. The van der Waals surface area contributed by atoms with E-state index in [1.807, 2.05) is 43.3 Å². The predicted octanol–water partition coefficient (Wildman–Crippen LogP) is 6.54. The van der Waals surface area contributed by atoms with Crippen molar-refractivity contribution < 1.29 is 18.7 Å². The molecule has 150 valence electrons. The Kier molecular flexibility index (Phi) is 5.68. The molecule has 0 saturated heterocycles. The van der Waals surface area contributed by atoms with Crippen LogP contribution in [-0.4, -0.2) is 5.78 Å². The second-order valence-electron chi connectivity index (χ2n) is 6.87. The SMILES string of the molecule is Cc1cc(OCc2ccc(F)cc2Cl)cc2c1C(=O)/C(=C/C=C/c1ccccc1)O2.